The zero-order chi connectivity index (χ0) is 16.9. The van der Waals surface area contributed by atoms with Crippen molar-refractivity contribution in [2.24, 2.45) is 0 Å². The van der Waals surface area contributed by atoms with Gasteiger partial charge in [-0.15, -0.1) is 0 Å². The van der Waals surface area contributed by atoms with Gasteiger partial charge in [0.15, 0.2) is 11.6 Å². The second-order valence-corrected chi connectivity index (χ2v) is 6.07. The number of halogens is 2. The maximum atomic E-state index is 13.0. The van der Waals surface area contributed by atoms with E-state index in [1.54, 1.807) is 0 Å². The Bertz CT molecular complexity index is 463. The number of amides is 1. The van der Waals surface area contributed by atoms with E-state index in [2.05, 4.69) is 12.2 Å². The van der Waals surface area contributed by atoms with Crippen molar-refractivity contribution in [2.75, 3.05) is 6.54 Å². The second kappa shape index (κ2) is 12.0. The van der Waals surface area contributed by atoms with Gasteiger partial charge in [0, 0.05) is 12.1 Å². The molecule has 1 amide bonds. The summed E-state index contributed by atoms with van der Waals surface area (Å²) in [6.07, 6.45) is 12.4. The lowest BCUT2D eigenvalue weighted by Gasteiger charge is -2.06. The van der Waals surface area contributed by atoms with Gasteiger partial charge in [-0.25, -0.2) is 8.78 Å². The van der Waals surface area contributed by atoms with Gasteiger partial charge < -0.3 is 5.32 Å². The number of benzene rings is 1. The minimum Gasteiger partial charge on any atom is -0.352 e. The van der Waals surface area contributed by atoms with Crippen molar-refractivity contribution >= 4 is 5.91 Å². The number of rotatable bonds is 12. The Labute approximate surface area is 138 Å². The number of hydrogen-bond donors (Lipinski definition) is 1. The van der Waals surface area contributed by atoms with E-state index in [0.717, 1.165) is 25.0 Å². The fraction of sp³-hybridized carbons (Fsp3) is 0.632. The summed E-state index contributed by atoms with van der Waals surface area (Å²) in [5.74, 6) is -2.27. The Hall–Kier alpha value is -1.45. The van der Waals surface area contributed by atoms with E-state index in [1.807, 2.05) is 0 Å². The van der Waals surface area contributed by atoms with Gasteiger partial charge in [0.2, 0.25) is 0 Å². The van der Waals surface area contributed by atoms with E-state index in [4.69, 9.17) is 0 Å². The summed E-state index contributed by atoms with van der Waals surface area (Å²) in [5.41, 5.74) is 0.163. The van der Waals surface area contributed by atoms with E-state index in [1.165, 1.54) is 57.4 Å². The summed E-state index contributed by atoms with van der Waals surface area (Å²) < 4.78 is 25.8. The highest BCUT2D eigenvalue weighted by molar-refractivity contribution is 5.94. The van der Waals surface area contributed by atoms with Crippen molar-refractivity contribution in [3.8, 4) is 0 Å². The monoisotopic (exact) mass is 325 g/mol. The second-order valence-electron chi connectivity index (χ2n) is 6.07. The Balaban J connectivity index is 2.00. The molecule has 0 spiro atoms. The van der Waals surface area contributed by atoms with Gasteiger partial charge in [0.1, 0.15) is 0 Å². The van der Waals surface area contributed by atoms with Crippen molar-refractivity contribution < 1.29 is 13.6 Å². The fourth-order valence-corrected chi connectivity index (χ4v) is 2.55. The molecule has 4 heteroatoms. The predicted molar refractivity (Wildman–Crippen MR) is 90.5 cm³/mol. The van der Waals surface area contributed by atoms with E-state index in [-0.39, 0.29) is 11.5 Å². The van der Waals surface area contributed by atoms with Crippen molar-refractivity contribution in [2.45, 2.75) is 71.1 Å². The van der Waals surface area contributed by atoms with Crippen LogP contribution in [0.4, 0.5) is 8.78 Å². The van der Waals surface area contributed by atoms with E-state index in [9.17, 15) is 13.6 Å². The van der Waals surface area contributed by atoms with Crippen LogP contribution < -0.4 is 5.32 Å². The van der Waals surface area contributed by atoms with Crippen LogP contribution in [0.5, 0.6) is 0 Å². The predicted octanol–water partition coefficient (Wildman–Crippen LogP) is 5.62. The van der Waals surface area contributed by atoms with Gasteiger partial charge in [-0.3, -0.25) is 4.79 Å². The molecule has 0 atom stereocenters. The van der Waals surface area contributed by atoms with Gasteiger partial charge in [-0.1, -0.05) is 64.7 Å². The Morgan fingerprint density at radius 2 is 1.43 bits per heavy atom. The normalized spacial score (nSPS) is 10.7. The van der Waals surface area contributed by atoms with Crippen LogP contribution in [-0.2, 0) is 0 Å². The number of carbonyl (C=O) groups is 1. The van der Waals surface area contributed by atoms with Crippen LogP contribution >= 0.6 is 0 Å². The molecule has 130 valence electrons. The zero-order valence-corrected chi connectivity index (χ0v) is 14.2. The van der Waals surface area contributed by atoms with Crippen LogP contribution in [0.25, 0.3) is 0 Å². The Kier molecular flexibility index (Phi) is 10.3. The van der Waals surface area contributed by atoms with Gasteiger partial charge >= 0.3 is 0 Å². The summed E-state index contributed by atoms with van der Waals surface area (Å²) in [5, 5.41) is 2.74. The maximum absolute atomic E-state index is 13.0. The highest BCUT2D eigenvalue weighted by atomic mass is 19.2. The molecule has 0 radical (unpaired) electrons. The van der Waals surface area contributed by atoms with Crippen molar-refractivity contribution in [3.63, 3.8) is 0 Å². The molecule has 1 N–H and O–H groups in total. The molecule has 0 aliphatic rings. The minimum absolute atomic E-state index is 0.163. The van der Waals surface area contributed by atoms with Crippen molar-refractivity contribution in [1.82, 2.24) is 5.32 Å². The molecule has 0 aliphatic heterocycles. The van der Waals surface area contributed by atoms with Gasteiger partial charge in [-0.05, 0) is 24.6 Å². The molecule has 1 aromatic carbocycles. The number of hydrogen-bond acceptors (Lipinski definition) is 1. The highest BCUT2D eigenvalue weighted by Gasteiger charge is 2.08. The van der Waals surface area contributed by atoms with Crippen molar-refractivity contribution in [1.29, 1.82) is 0 Å². The molecule has 0 saturated heterocycles. The summed E-state index contributed by atoms with van der Waals surface area (Å²) in [6.45, 7) is 2.81. The lowest BCUT2D eigenvalue weighted by Crippen LogP contribution is -2.24. The lowest BCUT2D eigenvalue weighted by molar-refractivity contribution is 0.0952. The van der Waals surface area contributed by atoms with Gasteiger partial charge in [0.25, 0.3) is 5.91 Å². The van der Waals surface area contributed by atoms with Gasteiger partial charge in [-0.2, -0.15) is 0 Å². The average molecular weight is 325 g/mol. The molecule has 0 unspecified atom stereocenters. The third-order valence-electron chi connectivity index (χ3n) is 4.00. The highest BCUT2D eigenvalue weighted by Crippen LogP contribution is 2.11. The first-order valence-electron chi connectivity index (χ1n) is 8.88. The zero-order valence-electron chi connectivity index (χ0n) is 14.2. The molecule has 0 heterocycles. The summed E-state index contributed by atoms with van der Waals surface area (Å²) in [6, 6.07) is 3.21. The third-order valence-corrected chi connectivity index (χ3v) is 4.00. The van der Waals surface area contributed by atoms with E-state index >= 15 is 0 Å². The van der Waals surface area contributed by atoms with E-state index in [0.29, 0.717) is 6.54 Å². The first-order chi connectivity index (χ1) is 11.1. The summed E-state index contributed by atoms with van der Waals surface area (Å²) in [4.78, 5) is 11.8. The molecule has 0 bridgehead atoms. The molecule has 23 heavy (non-hydrogen) atoms. The minimum atomic E-state index is -0.989. The lowest BCUT2D eigenvalue weighted by atomic mass is 10.1. The van der Waals surface area contributed by atoms with Crippen LogP contribution in [0, 0.1) is 11.6 Å². The third kappa shape index (κ3) is 8.68. The molecule has 0 aliphatic carbocycles. The van der Waals surface area contributed by atoms with Crippen LogP contribution in [0.3, 0.4) is 0 Å². The smallest absolute Gasteiger partial charge is 0.251 e. The fourth-order valence-electron chi connectivity index (χ4n) is 2.55. The number of carbonyl (C=O) groups excluding carboxylic acids is 1. The standard InChI is InChI=1S/C19H29F2NO/c1-2-3-4-5-6-7-8-9-10-11-14-22-19(23)16-12-13-17(20)18(21)15-16/h12-13,15H,2-11,14H2,1H3,(H,22,23). The van der Waals surface area contributed by atoms with Crippen LogP contribution in [0.1, 0.15) is 81.5 Å². The first-order valence-corrected chi connectivity index (χ1v) is 8.88. The summed E-state index contributed by atoms with van der Waals surface area (Å²) >= 11 is 0. The number of nitrogens with one attached hydrogen (secondary N) is 1. The molecule has 0 saturated carbocycles. The van der Waals surface area contributed by atoms with Crippen LogP contribution in [0.15, 0.2) is 18.2 Å². The van der Waals surface area contributed by atoms with Gasteiger partial charge in [0.05, 0.1) is 0 Å². The van der Waals surface area contributed by atoms with Crippen LogP contribution in [0.2, 0.25) is 0 Å². The van der Waals surface area contributed by atoms with Crippen molar-refractivity contribution in [3.05, 3.63) is 35.4 Å². The molecular formula is C19H29F2NO. The molecule has 1 rings (SSSR count). The average Bonchev–Trinajstić information content (AvgIpc) is 2.55. The molecule has 1 aromatic rings. The molecule has 0 fully saturated rings. The van der Waals surface area contributed by atoms with E-state index < -0.39 is 11.6 Å². The number of unbranched alkanes of at least 4 members (excludes halogenated alkanes) is 9. The largest absolute Gasteiger partial charge is 0.352 e. The molecule has 2 nitrogen and oxygen atoms in total. The molecule has 0 aromatic heterocycles. The summed E-state index contributed by atoms with van der Waals surface area (Å²) in [7, 11) is 0. The Morgan fingerprint density at radius 3 is 2.00 bits per heavy atom. The SMILES string of the molecule is CCCCCCCCCCCCNC(=O)c1ccc(F)c(F)c1. The Morgan fingerprint density at radius 1 is 0.870 bits per heavy atom. The quantitative estimate of drug-likeness (QED) is 0.497. The first kappa shape index (κ1) is 19.6. The maximum Gasteiger partial charge on any atom is 0.251 e. The van der Waals surface area contributed by atoms with Crippen LogP contribution in [-0.4, -0.2) is 12.5 Å². The topological polar surface area (TPSA) is 29.1 Å². The molecular weight excluding hydrogens is 296 g/mol.